The Morgan fingerprint density at radius 1 is 0.344 bits per heavy atom. The van der Waals surface area contributed by atoms with Crippen LogP contribution in [0.15, 0.2) is 0 Å². The molecule has 0 bridgehead atoms. The van der Waals surface area contributed by atoms with Crippen LogP contribution >= 0.6 is 0 Å². The summed E-state index contributed by atoms with van der Waals surface area (Å²) in [6.45, 7) is 8.24. The molecule has 0 saturated carbocycles. The van der Waals surface area contributed by atoms with Crippen LogP contribution < -0.4 is 71.6 Å². The van der Waals surface area contributed by atoms with Crippen molar-refractivity contribution in [2.24, 2.45) is 34.4 Å². The summed E-state index contributed by atoms with van der Waals surface area (Å²) in [7, 11) is 0. The molecule has 0 fully saturated rings. The number of unbranched alkanes of at least 4 members (excludes halogenated alkanes) is 4. The monoisotopic (exact) mass is 870 g/mol. The molecule has 8 amide bonds. The quantitative estimate of drug-likeness (QED) is 0.0290. The van der Waals surface area contributed by atoms with Crippen LogP contribution in [0, 0.1) is 0 Å². The Bertz CT molecular complexity index is 1360. The minimum absolute atomic E-state index is 0.115. The van der Waals surface area contributed by atoms with Gasteiger partial charge in [0, 0.05) is 0 Å². The fraction of sp³-hybridized carbons (Fsp3) is 0.800. The van der Waals surface area contributed by atoms with Crippen molar-refractivity contribution in [3.05, 3.63) is 0 Å². The second-order valence-electron chi connectivity index (χ2n) is 15.2. The van der Waals surface area contributed by atoms with E-state index in [1.165, 1.54) is 0 Å². The molecule has 8 atom stereocenters. The third-order valence-corrected chi connectivity index (χ3v) is 10.2. The Morgan fingerprint density at radius 3 is 0.820 bits per heavy atom. The van der Waals surface area contributed by atoms with Crippen molar-refractivity contribution >= 4 is 47.3 Å². The molecule has 19 N–H and O–H groups in total. The molecular formula is C40H79N13O8. The zero-order valence-corrected chi connectivity index (χ0v) is 37.0. The van der Waals surface area contributed by atoms with Gasteiger partial charge in [-0.3, -0.25) is 38.4 Å². The highest BCUT2D eigenvalue weighted by Gasteiger charge is 2.33. The van der Waals surface area contributed by atoms with Gasteiger partial charge < -0.3 is 71.6 Å². The van der Waals surface area contributed by atoms with Crippen molar-refractivity contribution in [1.29, 1.82) is 0 Å². The van der Waals surface area contributed by atoms with E-state index in [1.54, 1.807) is 27.7 Å². The van der Waals surface area contributed by atoms with Crippen molar-refractivity contribution in [2.45, 2.75) is 179 Å². The second kappa shape index (κ2) is 33.2. The van der Waals surface area contributed by atoms with Crippen LogP contribution in [-0.4, -0.2) is 122 Å². The van der Waals surface area contributed by atoms with Crippen LogP contribution in [0.3, 0.4) is 0 Å². The molecule has 0 spiro atoms. The summed E-state index contributed by atoms with van der Waals surface area (Å²) in [5.41, 5.74) is 33.9. The lowest BCUT2D eigenvalue weighted by molar-refractivity contribution is -0.136. The van der Waals surface area contributed by atoms with Crippen molar-refractivity contribution in [3.63, 3.8) is 0 Å². The molecule has 0 rings (SSSR count). The van der Waals surface area contributed by atoms with Gasteiger partial charge in [0.2, 0.25) is 47.3 Å². The molecule has 0 heterocycles. The van der Waals surface area contributed by atoms with Gasteiger partial charge >= 0.3 is 0 Å². The highest BCUT2D eigenvalue weighted by molar-refractivity contribution is 5.97. The van der Waals surface area contributed by atoms with Crippen LogP contribution in [0.25, 0.3) is 0 Å². The Kier molecular flexibility index (Phi) is 30.8. The third kappa shape index (κ3) is 22.8. The number of primary amides is 1. The van der Waals surface area contributed by atoms with Gasteiger partial charge in [-0.2, -0.15) is 0 Å². The minimum atomic E-state index is -1.13. The smallest absolute Gasteiger partial charge is 0.243 e. The van der Waals surface area contributed by atoms with Crippen LogP contribution in [0.5, 0.6) is 0 Å². The Hall–Kier alpha value is -4.44. The number of nitrogens with two attached hydrogens (primary N) is 6. The maximum atomic E-state index is 13.8. The molecule has 0 saturated heterocycles. The Labute approximate surface area is 361 Å². The zero-order chi connectivity index (χ0) is 46.3. The van der Waals surface area contributed by atoms with Gasteiger partial charge in [-0.15, -0.1) is 0 Å². The van der Waals surface area contributed by atoms with E-state index in [0.717, 1.165) is 0 Å². The lowest BCUT2D eigenvalue weighted by atomic mass is 10.0. The second-order valence-corrected chi connectivity index (χ2v) is 15.2. The third-order valence-electron chi connectivity index (χ3n) is 10.2. The van der Waals surface area contributed by atoms with Gasteiger partial charge in [-0.05, 0) is 129 Å². The first-order valence-corrected chi connectivity index (χ1v) is 22.1. The molecule has 61 heavy (non-hydrogen) atoms. The van der Waals surface area contributed by atoms with Crippen LogP contribution in [0.1, 0.15) is 130 Å². The molecule has 21 nitrogen and oxygen atoms in total. The van der Waals surface area contributed by atoms with Crippen molar-refractivity contribution in [1.82, 2.24) is 37.2 Å². The summed E-state index contributed by atoms with van der Waals surface area (Å²) in [6.07, 6.45) is 6.05. The molecule has 0 aliphatic heterocycles. The molecule has 0 aliphatic rings. The van der Waals surface area contributed by atoms with Crippen LogP contribution in [0.4, 0.5) is 0 Å². The molecule has 0 radical (unpaired) electrons. The number of carbonyl (C=O) groups is 8. The van der Waals surface area contributed by atoms with E-state index in [-0.39, 0.29) is 44.9 Å². The molecular weight excluding hydrogens is 791 g/mol. The van der Waals surface area contributed by atoms with Crippen LogP contribution in [0.2, 0.25) is 0 Å². The summed E-state index contributed by atoms with van der Waals surface area (Å²) in [6, 6.07) is -8.23. The van der Waals surface area contributed by atoms with E-state index in [0.29, 0.717) is 84.0 Å². The average Bonchev–Trinajstić information content (AvgIpc) is 3.24. The predicted molar refractivity (Wildman–Crippen MR) is 233 cm³/mol. The normalized spacial score (nSPS) is 15.0. The van der Waals surface area contributed by atoms with Crippen molar-refractivity contribution in [2.75, 3.05) is 26.2 Å². The van der Waals surface area contributed by atoms with E-state index in [2.05, 4.69) is 37.2 Å². The molecule has 0 unspecified atom stereocenters. The SMILES string of the molecule is CC[C@H](NC(=O)[C@H](CCCCN)NC(=O)[C@H](CC)NC(=O)[C@H](CCCCN)NC(=O)[C@H](CC)NC(=O)[C@H](CCCCN)NC(=O)[C@@H](N)CC)C(=O)N[C@@H](CCCCN)C(N)=O. The van der Waals surface area contributed by atoms with Crippen molar-refractivity contribution < 1.29 is 38.4 Å². The molecule has 0 aromatic carbocycles. The number of carbonyl (C=O) groups excluding carboxylic acids is 8. The largest absolute Gasteiger partial charge is 0.368 e. The van der Waals surface area contributed by atoms with Gasteiger partial charge in [-0.1, -0.05) is 27.7 Å². The van der Waals surface area contributed by atoms with E-state index >= 15 is 0 Å². The van der Waals surface area contributed by atoms with Gasteiger partial charge in [0.05, 0.1) is 6.04 Å². The number of amides is 8. The lowest BCUT2D eigenvalue weighted by Gasteiger charge is -2.27. The van der Waals surface area contributed by atoms with E-state index in [9.17, 15) is 38.4 Å². The molecule has 21 heteroatoms. The summed E-state index contributed by atoms with van der Waals surface area (Å²) in [4.78, 5) is 106. The van der Waals surface area contributed by atoms with Gasteiger partial charge in [0.1, 0.15) is 42.3 Å². The first kappa shape index (κ1) is 56.6. The predicted octanol–water partition coefficient (Wildman–Crippen LogP) is -2.65. The lowest BCUT2D eigenvalue weighted by Crippen LogP contribution is -2.60. The number of nitrogens with one attached hydrogen (secondary N) is 7. The minimum Gasteiger partial charge on any atom is -0.368 e. The average molecular weight is 870 g/mol. The van der Waals surface area contributed by atoms with E-state index in [1.807, 2.05) is 0 Å². The summed E-state index contributed by atoms with van der Waals surface area (Å²) in [5.74, 6) is -5.07. The first-order chi connectivity index (χ1) is 29.1. The number of rotatable bonds is 35. The highest BCUT2D eigenvalue weighted by atomic mass is 16.2. The molecule has 352 valence electrons. The maximum absolute atomic E-state index is 13.8. The maximum Gasteiger partial charge on any atom is 0.243 e. The standard InChI is InChI=1S/C40H79N13O8/c1-5-25(45)34(55)51-30(18-10-14-22-42)38(59)48-27(7-3)36(57)53-32(20-12-16-24-44)40(61)49-28(8-4)37(58)52-31(19-11-15-23-43)39(60)47-26(6-2)35(56)50-29(33(46)54)17-9-13-21-41/h25-32H,5-24,41-45H2,1-4H3,(H2,46,54)(H,47,60)(H,48,59)(H,49,61)(H,50,56)(H,51,55)(H,52,58)(H,53,57)/t25-,26-,27-,28-,29-,30-,31-,32-/m0/s1. The summed E-state index contributed by atoms with van der Waals surface area (Å²) >= 11 is 0. The molecule has 0 aromatic rings. The van der Waals surface area contributed by atoms with Crippen molar-refractivity contribution in [3.8, 4) is 0 Å². The van der Waals surface area contributed by atoms with Gasteiger partial charge in [-0.25, -0.2) is 0 Å². The number of hydrogen-bond donors (Lipinski definition) is 13. The molecule has 0 aromatic heterocycles. The van der Waals surface area contributed by atoms with E-state index in [4.69, 9.17) is 34.4 Å². The molecule has 0 aliphatic carbocycles. The van der Waals surface area contributed by atoms with Gasteiger partial charge in [0.25, 0.3) is 0 Å². The van der Waals surface area contributed by atoms with E-state index < -0.39 is 95.6 Å². The summed E-state index contributed by atoms with van der Waals surface area (Å²) < 4.78 is 0. The highest BCUT2D eigenvalue weighted by Crippen LogP contribution is 2.09. The Balaban J connectivity index is 6.07. The fourth-order valence-electron chi connectivity index (χ4n) is 6.22. The summed E-state index contributed by atoms with van der Waals surface area (Å²) in [5, 5.41) is 18.7. The first-order valence-electron chi connectivity index (χ1n) is 22.1. The number of hydrogen-bond acceptors (Lipinski definition) is 13. The zero-order valence-electron chi connectivity index (χ0n) is 37.0. The van der Waals surface area contributed by atoms with Crippen LogP contribution in [-0.2, 0) is 38.4 Å². The Morgan fingerprint density at radius 2 is 0.574 bits per heavy atom. The van der Waals surface area contributed by atoms with Gasteiger partial charge in [0.15, 0.2) is 0 Å². The fourth-order valence-corrected chi connectivity index (χ4v) is 6.22. The topological polar surface area (TPSA) is 377 Å².